The zero-order valence-electron chi connectivity index (χ0n) is 14.8. The van der Waals surface area contributed by atoms with Gasteiger partial charge in [0.1, 0.15) is 5.60 Å². The van der Waals surface area contributed by atoms with E-state index < -0.39 is 17.7 Å². The summed E-state index contributed by atoms with van der Waals surface area (Å²) in [7, 11) is 0. The zero-order chi connectivity index (χ0) is 18.4. The number of ether oxygens (including phenoxy) is 1. The lowest BCUT2D eigenvalue weighted by atomic mass is 9.98. The monoisotopic (exact) mass is 349 g/mol. The second-order valence-electron chi connectivity index (χ2n) is 7.57. The summed E-state index contributed by atoms with van der Waals surface area (Å²) in [6.07, 6.45) is 0.521. The van der Waals surface area contributed by atoms with Crippen LogP contribution >= 0.6 is 0 Å². The normalized spacial score (nSPS) is 20.7. The number of rotatable bonds is 1. The SMILES string of the molecule is CC(C)(C)OC(=O)N1CCc2c(ccc(N3CC[C@H](N)C3=O)c2F)C1. The van der Waals surface area contributed by atoms with Crippen molar-refractivity contribution in [3.8, 4) is 0 Å². The summed E-state index contributed by atoms with van der Waals surface area (Å²) < 4.78 is 20.3. The Kier molecular flexibility index (Phi) is 4.45. The molecule has 25 heavy (non-hydrogen) atoms. The number of nitrogens with two attached hydrogens (primary N) is 1. The first-order valence-corrected chi connectivity index (χ1v) is 8.52. The number of carbonyl (C=O) groups is 2. The lowest BCUT2D eigenvalue weighted by Gasteiger charge is -2.32. The van der Waals surface area contributed by atoms with Gasteiger partial charge in [-0.25, -0.2) is 9.18 Å². The van der Waals surface area contributed by atoms with Gasteiger partial charge in [0, 0.05) is 19.6 Å². The predicted molar refractivity (Wildman–Crippen MR) is 91.7 cm³/mol. The van der Waals surface area contributed by atoms with Crippen LogP contribution in [0.1, 0.15) is 38.3 Å². The van der Waals surface area contributed by atoms with E-state index in [9.17, 15) is 14.0 Å². The summed E-state index contributed by atoms with van der Waals surface area (Å²) in [5.41, 5.74) is 6.74. The van der Waals surface area contributed by atoms with Gasteiger partial charge in [-0.1, -0.05) is 6.07 Å². The van der Waals surface area contributed by atoms with Gasteiger partial charge in [-0.15, -0.1) is 0 Å². The summed E-state index contributed by atoms with van der Waals surface area (Å²) in [6, 6.07) is 2.82. The third kappa shape index (κ3) is 3.46. The van der Waals surface area contributed by atoms with Crippen LogP contribution in [0.3, 0.4) is 0 Å². The van der Waals surface area contributed by atoms with Gasteiger partial charge in [0.25, 0.3) is 0 Å². The quantitative estimate of drug-likeness (QED) is 0.843. The number of benzene rings is 1. The highest BCUT2D eigenvalue weighted by Crippen LogP contribution is 2.31. The zero-order valence-corrected chi connectivity index (χ0v) is 14.8. The van der Waals surface area contributed by atoms with E-state index in [4.69, 9.17) is 10.5 Å². The number of carbonyl (C=O) groups excluding carboxylic acids is 2. The van der Waals surface area contributed by atoms with Crippen molar-refractivity contribution in [1.29, 1.82) is 0 Å². The molecule has 6 nitrogen and oxygen atoms in total. The maximum atomic E-state index is 14.9. The molecule has 2 N–H and O–H groups in total. The highest BCUT2D eigenvalue weighted by Gasteiger charge is 2.33. The van der Waals surface area contributed by atoms with Gasteiger partial charge < -0.3 is 20.3 Å². The molecule has 2 heterocycles. The molecule has 1 atom stereocenters. The highest BCUT2D eigenvalue weighted by molar-refractivity contribution is 5.99. The van der Waals surface area contributed by atoms with Gasteiger partial charge in [-0.05, 0) is 50.8 Å². The molecule has 0 radical (unpaired) electrons. The van der Waals surface area contributed by atoms with E-state index in [0.29, 0.717) is 38.0 Å². The van der Waals surface area contributed by atoms with Crippen LogP contribution < -0.4 is 10.6 Å². The number of hydrogen-bond donors (Lipinski definition) is 1. The van der Waals surface area contributed by atoms with Crippen LogP contribution in [0, 0.1) is 5.82 Å². The fourth-order valence-electron chi connectivity index (χ4n) is 3.23. The molecule has 2 aliphatic rings. The Hall–Kier alpha value is -2.15. The van der Waals surface area contributed by atoms with Crippen LogP contribution in [0.15, 0.2) is 12.1 Å². The summed E-state index contributed by atoms with van der Waals surface area (Å²) in [5, 5.41) is 0. The maximum Gasteiger partial charge on any atom is 0.410 e. The van der Waals surface area contributed by atoms with Crippen LogP contribution in [0.25, 0.3) is 0 Å². The first kappa shape index (κ1) is 17.7. The van der Waals surface area contributed by atoms with Crippen molar-refractivity contribution in [2.75, 3.05) is 18.0 Å². The Morgan fingerprint density at radius 3 is 2.64 bits per heavy atom. The van der Waals surface area contributed by atoms with Gasteiger partial charge in [0.05, 0.1) is 11.7 Å². The first-order valence-electron chi connectivity index (χ1n) is 8.52. The molecule has 0 aliphatic carbocycles. The van der Waals surface area contributed by atoms with Crippen LogP contribution in [-0.4, -0.2) is 41.6 Å². The number of anilines is 1. The smallest absolute Gasteiger partial charge is 0.410 e. The second kappa shape index (κ2) is 6.29. The standard InChI is InChI=1S/C18H24FN3O3/c1-18(2,3)25-17(24)21-8-6-12-11(10-21)4-5-14(15(12)19)22-9-7-13(20)16(22)23/h4-5,13H,6-10,20H2,1-3H3/t13-/m0/s1. The van der Waals surface area contributed by atoms with Crippen molar-refractivity contribution in [2.45, 2.75) is 51.8 Å². The molecule has 2 amide bonds. The molecular formula is C18H24FN3O3. The average Bonchev–Trinajstić information content (AvgIpc) is 2.85. The summed E-state index contributed by atoms with van der Waals surface area (Å²) in [4.78, 5) is 27.3. The Labute approximate surface area is 146 Å². The molecular weight excluding hydrogens is 325 g/mol. The minimum absolute atomic E-state index is 0.245. The molecule has 0 saturated carbocycles. The molecule has 0 bridgehead atoms. The summed E-state index contributed by atoms with van der Waals surface area (Å²) in [6.45, 7) is 6.55. The molecule has 7 heteroatoms. The molecule has 136 valence electrons. The van der Waals surface area contributed by atoms with Crippen molar-refractivity contribution >= 4 is 17.7 Å². The van der Waals surface area contributed by atoms with Crippen LogP contribution in [-0.2, 0) is 22.5 Å². The molecule has 1 aromatic rings. The van der Waals surface area contributed by atoms with Gasteiger partial charge in [0.2, 0.25) is 5.91 Å². The lowest BCUT2D eigenvalue weighted by molar-refractivity contribution is -0.118. The van der Waals surface area contributed by atoms with Crippen molar-refractivity contribution in [2.24, 2.45) is 5.73 Å². The Balaban J connectivity index is 1.80. The van der Waals surface area contributed by atoms with Gasteiger partial charge in [0.15, 0.2) is 5.82 Å². The average molecular weight is 349 g/mol. The van der Waals surface area contributed by atoms with Crippen LogP contribution in [0.4, 0.5) is 14.9 Å². The van der Waals surface area contributed by atoms with E-state index in [1.54, 1.807) is 17.0 Å². The Morgan fingerprint density at radius 1 is 1.32 bits per heavy atom. The van der Waals surface area contributed by atoms with E-state index in [2.05, 4.69) is 0 Å². The van der Waals surface area contributed by atoms with E-state index in [1.807, 2.05) is 20.8 Å². The number of nitrogens with zero attached hydrogens (tertiary/aromatic N) is 2. The third-order valence-electron chi connectivity index (χ3n) is 4.50. The molecule has 0 unspecified atom stereocenters. The number of halogens is 1. The molecule has 1 saturated heterocycles. The fourth-order valence-corrected chi connectivity index (χ4v) is 3.23. The van der Waals surface area contributed by atoms with Gasteiger partial charge >= 0.3 is 6.09 Å². The molecule has 0 aromatic heterocycles. The van der Waals surface area contributed by atoms with E-state index >= 15 is 0 Å². The van der Waals surface area contributed by atoms with Crippen molar-refractivity contribution in [3.63, 3.8) is 0 Å². The topological polar surface area (TPSA) is 75.9 Å². The Morgan fingerprint density at radius 2 is 2.04 bits per heavy atom. The van der Waals surface area contributed by atoms with Crippen LogP contribution in [0.5, 0.6) is 0 Å². The minimum Gasteiger partial charge on any atom is -0.444 e. The third-order valence-corrected chi connectivity index (χ3v) is 4.50. The van der Waals surface area contributed by atoms with E-state index in [1.165, 1.54) is 4.90 Å². The number of amides is 2. The predicted octanol–water partition coefficient (Wildman–Crippen LogP) is 2.18. The van der Waals surface area contributed by atoms with E-state index in [-0.39, 0.29) is 17.4 Å². The maximum absolute atomic E-state index is 14.9. The molecule has 2 aliphatic heterocycles. The summed E-state index contributed by atoms with van der Waals surface area (Å²) in [5.74, 6) is -0.631. The fraction of sp³-hybridized carbons (Fsp3) is 0.556. The number of hydrogen-bond acceptors (Lipinski definition) is 4. The highest BCUT2D eigenvalue weighted by atomic mass is 19.1. The van der Waals surface area contributed by atoms with Crippen molar-refractivity contribution < 1.29 is 18.7 Å². The molecule has 1 fully saturated rings. The second-order valence-corrected chi connectivity index (χ2v) is 7.57. The summed E-state index contributed by atoms with van der Waals surface area (Å²) >= 11 is 0. The lowest BCUT2D eigenvalue weighted by Crippen LogP contribution is -2.40. The van der Waals surface area contributed by atoms with Crippen LogP contribution in [0.2, 0.25) is 0 Å². The molecule has 0 spiro atoms. The molecule has 1 aromatic carbocycles. The molecule has 3 rings (SSSR count). The first-order chi connectivity index (χ1) is 11.7. The number of fused-ring (bicyclic) bond motifs is 1. The van der Waals surface area contributed by atoms with Crippen molar-refractivity contribution in [1.82, 2.24) is 4.90 Å². The van der Waals surface area contributed by atoms with Gasteiger partial charge in [-0.3, -0.25) is 4.79 Å². The van der Waals surface area contributed by atoms with Gasteiger partial charge in [-0.2, -0.15) is 0 Å². The largest absolute Gasteiger partial charge is 0.444 e. The minimum atomic E-state index is -0.568. The Bertz CT molecular complexity index is 714. The van der Waals surface area contributed by atoms with E-state index in [0.717, 1.165) is 5.56 Å². The van der Waals surface area contributed by atoms with Crippen molar-refractivity contribution in [3.05, 3.63) is 29.1 Å².